The number of morpholine rings is 1. The van der Waals surface area contributed by atoms with Crippen molar-refractivity contribution in [1.29, 1.82) is 0 Å². The number of anilines is 1. The molecule has 1 aromatic heterocycles. The molecule has 41 heavy (non-hydrogen) atoms. The first-order valence-electron chi connectivity index (χ1n) is 14.9. The Balaban J connectivity index is 1.39. The number of hydrogen-bond donors (Lipinski definition) is 1. The number of rotatable bonds is 8. The Morgan fingerprint density at radius 2 is 1.83 bits per heavy atom. The Bertz CT molecular complexity index is 1190. The van der Waals surface area contributed by atoms with Crippen LogP contribution in [-0.4, -0.2) is 104 Å². The molecule has 9 nitrogen and oxygen atoms in total. The van der Waals surface area contributed by atoms with Gasteiger partial charge in [-0.3, -0.25) is 14.6 Å². The molecule has 3 aliphatic rings. The fourth-order valence-electron chi connectivity index (χ4n) is 6.18. The summed E-state index contributed by atoms with van der Waals surface area (Å²) < 4.78 is 31.1. The van der Waals surface area contributed by atoms with E-state index in [9.17, 15) is 9.18 Å². The van der Waals surface area contributed by atoms with Crippen molar-refractivity contribution >= 4 is 11.6 Å². The molecule has 2 aromatic rings. The molecule has 224 valence electrons. The third kappa shape index (κ3) is 6.83. The molecule has 2 fully saturated rings. The normalized spacial score (nSPS) is 27.3. The fraction of sp³-hybridized carbons (Fsp3) is 0.613. The predicted octanol–water partition coefficient (Wildman–Crippen LogP) is 3.10. The average molecular weight is 570 g/mol. The third-order valence-corrected chi connectivity index (χ3v) is 8.36. The van der Waals surface area contributed by atoms with Crippen molar-refractivity contribution < 1.29 is 23.4 Å². The Hall–Kier alpha value is -2.79. The Labute approximate surface area is 242 Å². The second kappa shape index (κ2) is 13.0. The lowest BCUT2D eigenvalue weighted by molar-refractivity contribution is -0.122. The fourth-order valence-corrected chi connectivity index (χ4v) is 6.18. The second-order valence-corrected chi connectivity index (χ2v) is 11.8. The van der Waals surface area contributed by atoms with E-state index in [1.807, 2.05) is 24.8 Å². The van der Waals surface area contributed by atoms with Crippen LogP contribution in [0.15, 0.2) is 30.3 Å². The van der Waals surface area contributed by atoms with Crippen LogP contribution in [0.3, 0.4) is 0 Å². The molecule has 1 N–H and O–H groups in total. The number of fused-ring (bicyclic) bond motifs is 1. The summed E-state index contributed by atoms with van der Waals surface area (Å²) in [4.78, 5) is 25.5. The highest BCUT2D eigenvalue weighted by Gasteiger charge is 2.37. The van der Waals surface area contributed by atoms with Crippen LogP contribution in [0.1, 0.15) is 45.7 Å². The van der Waals surface area contributed by atoms with Crippen LogP contribution in [0, 0.1) is 5.82 Å². The number of piperazine rings is 1. The van der Waals surface area contributed by atoms with Gasteiger partial charge in [-0.2, -0.15) is 4.98 Å². The van der Waals surface area contributed by atoms with Gasteiger partial charge < -0.3 is 24.4 Å². The van der Waals surface area contributed by atoms with Crippen molar-refractivity contribution in [2.75, 3.05) is 57.5 Å². The number of nitrogens with one attached hydrogen (secondary N) is 1. The van der Waals surface area contributed by atoms with E-state index in [2.05, 4.69) is 35.9 Å². The first-order valence-corrected chi connectivity index (χ1v) is 14.9. The third-order valence-electron chi connectivity index (χ3n) is 8.36. The number of aromatic nitrogens is 1. The minimum atomic E-state index is -0.278. The number of hydrogen-bond acceptors (Lipinski definition) is 8. The molecule has 1 aromatic carbocycles. The lowest BCUT2D eigenvalue weighted by Gasteiger charge is -2.46. The first kappa shape index (κ1) is 29.7. The van der Waals surface area contributed by atoms with Crippen molar-refractivity contribution in [2.45, 2.75) is 71.2 Å². The Morgan fingerprint density at radius 1 is 1.10 bits per heavy atom. The predicted molar refractivity (Wildman–Crippen MR) is 156 cm³/mol. The van der Waals surface area contributed by atoms with Crippen LogP contribution in [0.4, 0.5) is 10.1 Å². The van der Waals surface area contributed by atoms with Crippen molar-refractivity contribution in [3.8, 4) is 11.8 Å². The van der Waals surface area contributed by atoms with E-state index in [0.29, 0.717) is 61.8 Å². The molecule has 2 saturated heterocycles. The summed E-state index contributed by atoms with van der Waals surface area (Å²) >= 11 is 0. The van der Waals surface area contributed by atoms with Gasteiger partial charge in [0.25, 0.3) is 0 Å². The van der Waals surface area contributed by atoms with E-state index in [4.69, 9.17) is 19.2 Å². The van der Waals surface area contributed by atoms with Gasteiger partial charge in [0.2, 0.25) is 17.7 Å². The van der Waals surface area contributed by atoms with Crippen molar-refractivity contribution in [3.63, 3.8) is 0 Å². The molecule has 4 heterocycles. The maximum atomic E-state index is 14.1. The van der Waals surface area contributed by atoms with Gasteiger partial charge in [-0.15, -0.1) is 0 Å². The number of carbonyl (C=O) groups excluding carboxylic acids is 1. The monoisotopic (exact) mass is 569 g/mol. The number of halogens is 1. The standard InChI is InChI=1S/C31H44FN5O4/c1-6-40-30-25(11-24-7-9-26(32)10-8-24)12-28-31(34-30)41-19-23(5)37(28)29(38)16-35-14-20(2)33-13-27(35)15-36-21(3)17-39-18-22(36)4/h7-10,12,20-23,27,33H,6,11,13-19H2,1-5H3/t20-,21-,22-,23?,27-/m1/s1. The lowest BCUT2D eigenvalue weighted by Crippen LogP contribution is -2.63. The summed E-state index contributed by atoms with van der Waals surface area (Å²) in [5, 5.41) is 3.62. The minimum absolute atomic E-state index is 0.0305. The lowest BCUT2D eigenvalue weighted by atomic mass is 10.0. The first-order chi connectivity index (χ1) is 19.7. The van der Waals surface area contributed by atoms with Gasteiger partial charge in [0.1, 0.15) is 18.1 Å². The molecule has 3 aliphatic heterocycles. The molecule has 0 aliphatic carbocycles. The maximum Gasteiger partial charge on any atom is 0.241 e. The van der Waals surface area contributed by atoms with E-state index >= 15 is 0 Å². The van der Waals surface area contributed by atoms with Gasteiger partial charge >= 0.3 is 0 Å². The summed E-state index contributed by atoms with van der Waals surface area (Å²) in [7, 11) is 0. The molecule has 0 saturated carbocycles. The number of nitrogens with zero attached hydrogens (tertiary/aromatic N) is 4. The minimum Gasteiger partial charge on any atom is -0.478 e. The smallest absolute Gasteiger partial charge is 0.241 e. The number of benzene rings is 1. The van der Waals surface area contributed by atoms with Crippen molar-refractivity contribution in [1.82, 2.24) is 20.1 Å². The van der Waals surface area contributed by atoms with Crippen LogP contribution in [0.2, 0.25) is 0 Å². The highest BCUT2D eigenvalue weighted by Crippen LogP contribution is 2.37. The number of pyridine rings is 1. The zero-order chi connectivity index (χ0) is 29.1. The number of carbonyl (C=O) groups is 1. The van der Waals surface area contributed by atoms with Crippen LogP contribution in [0.25, 0.3) is 0 Å². The quantitative estimate of drug-likeness (QED) is 0.520. The van der Waals surface area contributed by atoms with E-state index in [0.717, 1.165) is 44.0 Å². The molecule has 5 rings (SSSR count). The molecule has 0 radical (unpaired) electrons. The number of amides is 1. The van der Waals surface area contributed by atoms with Crippen LogP contribution in [0.5, 0.6) is 11.8 Å². The summed E-state index contributed by atoms with van der Waals surface area (Å²) in [6.07, 6.45) is 0.500. The topological polar surface area (TPSA) is 79.4 Å². The zero-order valence-electron chi connectivity index (χ0n) is 24.9. The van der Waals surface area contributed by atoms with Gasteiger partial charge in [-0.05, 0) is 58.4 Å². The molecule has 1 amide bonds. The van der Waals surface area contributed by atoms with Crippen LogP contribution >= 0.6 is 0 Å². The van der Waals surface area contributed by atoms with Gasteiger partial charge in [0.05, 0.1) is 32.4 Å². The van der Waals surface area contributed by atoms with Crippen molar-refractivity contribution in [2.24, 2.45) is 0 Å². The molecule has 0 bridgehead atoms. The molecular formula is C31H44FN5O4. The van der Waals surface area contributed by atoms with E-state index in [1.165, 1.54) is 12.1 Å². The summed E-state index contributed by atoms with van der Waals surface area (Å²) in [5.41, 5.74) is 2.42. The summed E-state index contributed by atoms with van der Waals surface area (Å²) in [6, 6.07) is 9.41. The van der Waals surface area contributed by atoms with Crippen LogP contribution in [-0.2, 0) is 16.0 Å². The van der Waals surface area contributed by atoms with Gasteiger partial charge in [0.15, 0.2) is 0 Å². The Morgan fingerprint density at radius 3 is 2.54 bits per heavy atom. The van der Waals surface area contributed by atoms with E-state index in [1.54, 1.807) is 12.1 Å². The highest BCUT2D eigenvalue weighted by atomic mass is 19.1. The average Bonchev–Trinajstić information content (AvgIpc) is 2.93. The molecule has 0 spiro atoms. The zero-order valence-corrected chi connectivity index (χ0v) is 24.9. The Kier molecular flexibility index (Phi) is 9.43. The second-order valence-electron chi connectivity index (χ2n) is 11.8. The maximum absolute atomic E-state index is 14.1. The number of ether oxygens (including phenoxy) is 3. The van der Waals surface area contributed by atoms with Gasteiger partial charge in [-0.25, -0.2) is 4.39 Å². The summed E-state index contributed by atoms with van der Waals surface area (Å²) in [6.45, 7) is 15.6. The molecule has 5 atom stereocenters. The van der Waals surface area contributed by atoms with Gasteiger partial charge in [-0.1, -0.05) is 12.1 Å². The van der Waals surface area contributed by atoms with Crippen LogP contribution < -0.4 is 19.7 Å². The van der Waals surface area contributed by atoms with Crippen molar-refractivity contribution in [3.05, 3.63) is 47.3 Å². The van der Waals surface area contributed by atoms with E-state index < -0.39 is 0 Å². The molecule has 1 unspecified atom stereocenters. The van der Waals surface area contributed by atoms with E-state index in [-0.39, 0.29) is 23.8 Å². The molecular weight excluding hydrogens is 525 g/mol. The highest BCUT2D eigenvalue weighted by molar-refractivity contribution is 5.97. The largest absolute Gasteiger partial charge is 0.478 e. The molecule has 10 heteroatoms. The van der Waals surface area contributed by atoms with Gasteiger partial charge in [0, 0.05) is 55.8 Å². The summed E-state index contributed by atoms with van der Waals surface area (Å²) in [5.74, 6) is 0.633. The SMILES string of the molecule is CCOc1nc2c(cc1Cc1ccc(F)cc1)N(C(=O)CN1C[C@@H](C)NC[C@@H]1CN1[C@H](C)COC[C@H]1C)C(C)CO2.